The Bertz CT molecular complexity index is 502. The molecule has 0 saturated heterocycles. The molecule has 1 aromatic carbocycles. The van der Waals surface area contributed by atoms with Crippen LogP contribution in [0, 0.1) is 6.92 Å². The van der Waals surface area contributed by atoms with E-state index in [4.69, 9.17) is 3.32 Å². The molecule has 1 nitrogen and oxygen atoms in total. The summed E-state index contributed by atoms with van der Waals surface area (Å²) in [6, 6.07) is 6.59. The summed E-state index contributed by atoms with van der Waals surface area (Å²) in [7, 11) is 0. The number of halogens is 2. The largest absolute Gasteiger partial charge is 0.147 e. The van der Waals surface area contributed by atoms with Crippen molar-refractivity contribution in [2.75, 3.05) is 0 Å². The average Bonchev–Trinajstić information content (AvgIpc) is 2.77. The zero-order chi connectivity index (χ0) is 13.2. The van der Waals surface area contributed by atoms with Crippen molar-refractivity contribution in [1.29, 1.82) is 0 Å². The molecule has 110 valence electrons. The van der Waals surface area contributed by atoms with Crippen LogP contribution in [-0.4, -0.2) is 0 Å². The molecule has 0 saturated carbocycles. The number of hydrogen-bond acceptors (Lipinski definition) is 1. The zero-order valence-corrected chi connectivity index (χ0v) is 15.6. The molecule has 0 bridgehead atoms. The second kappa shape index (κ2) is 8.29. The van der Waals surface area contributed by atoms with E-state index in [-0.39, 0.29) is 30.2 Å². The van der Waals surface area contributed by atoms with Gasteiger partial charge in [-0.25, -0.2) is 0 Å². The molecule has 0 amide bonds. The van der Waals surface area contributed by atoms with Crippen LogP contribution in [0.2, 0.25) is 0 Å². The van der Waals surface area contributed by atoms with E-state index < -0.39 is 19.5 Å². The van der Waals surface area contributed by atoms with Gasteiger partial charge in [-0.1, -0.05) is 0 Å². The van der Waals surface area contributed by atoms with Crippen molar-refractivity contribution in [3.05, 3.63) is 51.4 Å². The standard InChI is InChI=1S/C11H16O.C5H5.2ClH.Ti/c1-8-5-9(11(2,3)4)7-10(12)6-8;1-2-4-5-3-1;;;/h5-7,12H,1-4H3;1-3H,4H2;2*1H;/q;;;;+1/p-1. The monoisotopic (exact) mass is 348 g/mol. The molecule has 1 aromatic rings. The van der Waals surface area contributed by atoms with Gasteiger partial charge in [0, 0.05) is 0 Å². The molecular formula is C16H22Cl2OTi. The third-order valence-electron chi connectivity index (χ3n) is 2.99. The summed E-state index contributed by atoms with van der Waals surface area (Å²) in [6.07, 6.45) is 7.59. The Morgan fingerprint density at radius 2 is 1.80 bits per heavy atom. The second-order valence-electron chi connectivity index (χ2n) is 5.81. The van der Waals surface area contributed by atoms with Crippen molar-refractivity contribution in [2.24, 2.45) is 0 Å². The Labute approximate surface area is 144 Å². The maximum atomic E-state index is 6.02. The van der Waals surface area contributed by atoms with E-state index in [1.165, 1.54) is 15.0 Å². The van der Waals surface area contributed by atoms with Gasteiger partial charge in [0.15, 0.2) is 0 Å². The third kappa shape index (κ3) is 5.65. The molecule has 1 aliphatic carbocycles. The number of hydrogen-bond donors (Lipinski definition) is 0. The van der Waals surface area contributed by atoms with Gasteiger partial charge < -0.3 is 0 Å². The molecule has 0 radical (unpaired) electrons. The molecule has 0 aliphatic heterocycles. The molecule has 0 spiro atoms. The smallest absolute Gasteiger partial charge is 0.147 e. The first-order chi connectivity index (χ1) is 8.45. The van der Waals surface area contributed by atoms with Crippen LogP contribution in [0.3, 0.4) is 0 Å². The minimum absolute atomic E-state index is 0. The molecule has 20 heavy (non-hydrogen) atoms. The Balaban J connectivity index is 0.00000180. The van der Waals surface area contributed by atoms with Crippen LogP contribution in [-0.2, 0) is 25.0 Å². The predicted octanol–water partition coefficient (Wildman–Crippen LogP) is 5.36. The summed E-state index contributed by atoms with van der Waals surface area (Å²) in [4.78, 5) is 0. The van der Waals surface area contributed by atoms with Crippen molar-refractivity contribution < 1.29 is 22.9 Å². The van der Waals surface area contributed by atoms with Crippen molar-refractivity contribution in [3.63, 3.8) is 0 Å². The maximum Gasteiger partial charge on any atom is -0.147 e. The summed E-state index contributed by atoms with van der Waals surface area (Å²) < 4.78 is 7.49. The van der Waals surface area contributed by atoms with Crippen molar-refractivity contribution in [2.45, 2.75) is 39.5 Å². The van der Waals surface area contributed by atoms with Crippen LogP contribution in [0.25, 0.3) is 0 Å². The van der Waals surface area contributed by atoms with Gasteiger partial charge in [-0.05, 0) is 0 Å². The van der Waals surface area contributed by atoms with E-state index in [9.17, 15) is 0 Å². The quantitative estimate of drug-likeness (QED) is 0.668. The average molecular weight is 349 g/mol. The van der Waals surface area contributed by atoms with E-state index >= 15 is 0 Å². The van der Waals surface area contributed by atoms with Gasteiger partial charge in [0.05, 0.1) is 0 Å². The van der Waals surface area contributed by atoms with Crippen molar-refractivity contribution >= 4 is 24.8 Å². The fraction of sp³-hybridized carbons (Fsp3) is 0.375. The molecular weight excluding hydrogens is 327 g/mol. The summed E-state index contributed by atoms with van der Waals surface area (Å²) in [6.45, 7) is 8.86. The van der Waals surface area contributed by atoms with Crippen LogP contribution in [0.15, 0.2) is 40.3 Å². The van der Waals surface area contributed by atoms with Gasteiger partial charge in [-0.2, -0.15) is 0 Å². The minimum Gasteiger partial charge on any atom is -0.147 e. The molecule has 2 rings (SSSR count). The van der Waals surface area contributed by atoms with Crippen LogP contribution in [0.1, 0.15) is 38.3 Å². The van der Waals surface area contributed by atoms with Gasteiger partial charge in [-0.15, -0.1) is 24.8 Å². The molecule has 0 unspecified atom stereocenters. The number of aryl methyl sites for hydroxylation is 1. The van der Waals surface area contributed by atoms with Gasteiger partial charge in [0.1, 0.15) is 0 Å². The van der Waals surface area contributed by atoms with E-state index in [1.54, 1.807) is 0 Å². The molecule has 0 N–H and O–H groups in total. The first kappa shape index (κ1) is 19.8. The molecule has 0 aromatic heterocycles. The number of benzene rings is 1. The van der Waals surface area contributed by atoms with E-state index in [0.717, 1.165) is 12.2 Å². The summed E-state index contributed by atoms with van der Waals surface area (Å²) >= 11 is -0.459. The maximum absolute atomic E-state index is 6.02. The van der Waals surface area contributed by atoms with Crippen LogP contribution in [0.4, 0.5) is 0 Å². The number of allylic oxidation sites excluding steroid dienone is 4. The first-order valence-electron chi connectivity index (χ1n) is 6.36. The van der Waals surface area contributed by atoms with Gasteiger partial charge in [0.2, 0.25) is 0 Å². The van der Waals surface area contributed by atoms with Crippen LogP contribution < -0.4 is 3.32 Å². The molecule has 4 heteroatoms. The van der Waals surface area contributed by atoms with Gasteiger partial charge in [-0.3, -0.25) is 0 Å². The molecule has 0 atom stereocenters. The van der Waals surface area contributed by atoms with Crippen molar-refractivity contribution in [1.82, 2.24) is 0 Å². The SMILES string of the molecule is Cc1cc([O][Ti][C]2=CC=CC2)cc(C(C)(C)C)c1.Cl.Cl. The van der Waals surface area contributed by atoms with E-state index in [2.05, 4.69) is 64.1 Å². The van der Waals surface area contributed by atoms with Crippen LogP contribution >= 0.6 is 24.8 Å². The number of rotatable bonds is 3. The van der Waals surface area contributed by atoms with E-state index in [0.29, 0.717) is 0 Å². The Hall–Kier alpha value is -0.206. The third-order valence-corrected chi connectivity index (χ3v) is 4.50. The van der Waals surface area contributed by atoms with Gasteiger partial charge >= 0.3 is 120 Å². The van der Waals surface area contributed by atoms with E-state index in [1.807, 2.05) is 0 Å². The molecule has 0 heterocycles. The van der Waals surface area contributed by atoms with Crippen molar-refractivity contribution in [3.8, 4) is 5.75 Å². The fourth-order valence-electron chi connectivity index (χ4n) is 1.89. The van der Waals surface area contributed by atoms with Gasteiger partial charge in [0.25, 0.3) is 0 Å². The summed E-state index contributed by atoms with van der Waals surface area (Å²) in [5.41, 5.74) is 2.81. The fourth-order valence-corrected chi connectivity index (χ4v) is 3.03. The normalized spacial score (nSPS) is 13.1. The summed E-state index contributed by atoms with van der Waals surface area (Å²) in [5.74, 6) is 1.03. The Morgan fingerprint density at radius 1 is 1.10 bits per heavy atom. The zero-order valence-electron chi connectivity index (χ0n) is 12.4. The second-order valence-corrected chi connectivity index (χ2v) is 7.45. The molecule has 1 aliphatic rings. The molecule has 0 fully saturated rings. The minimum atomic E-state index is -0.459. The predicted molar refractivity (Wildman–Crippen MR) is 86.8 cm³/mol. The Morgan fingerprint density at radius 3 is 2.35 bits per heavy atom. The van der Waals surface area contributed by atoms with Crippen LogP contribution in [0.5, 0.6) is 5.75 Å². The Kier molecular flexibility index (Phi) is 8.20. The summed E-state index contributed by atoms with van der Waals surface area (Å²) in [5, 5.41) is 0. The first-order valence-corrected chi connectivity index (χ1v) is 7.78. The topological polar surface area (TPSA) is 9.23 Å².